The first-order chi connectivity index (χ1) is 8.66. The Hall–Kier alpha value is -1.32. The summed E-state index contributed by atoms with van der Waals surface area (Å²) >= 11 is 1.72. The molecular formula is C15H16O2S. The van der Waals surface area contributed by atoms with Crippen molar-refractivity contribution in [1.29, 1.82) is 0 Å². The molecule has 2 aromatic rings. The Morgan fingerprint density at radius 3 is 2.83 bits per heavy atom. The molecule has 0 saturated heterocycles. The van der Waals surface area contributed by atoms with Gasteiger partial charge in [0.15, 0.2) is 0 Å². The van der Waals surface area contributed by atoms with E-state index in [2.05, 4.69) is 26.0 Å². The largest absolute Gasteiger partial charge is 0.493 e. The lowest BCUT2D eigenvalue weighted by atomic mass is 9.98. The maximum Gasteiger partial charge on any atom is 0.128 e. The molecule has 1 aromatic carbocycles. The van der Waals surface area contributed by atoms with Crippen molar-refractivity contribution in [3.63, 3.8) is 0 Å². The zero-order valence-corrected chi connectivity index (χ0v) is 11.4. The average molecular weight is 260 g/mol. The van der Waals surface area contributed by atoms with Crippen LogP contribution in [-0.4, -0.2) is 11.7 Å². The first-order valence-electron chi connectivity index (χ1n) is 6.16. The van der Waals surface area contributed by atoms with E-state index in [1.165, 1.54) is 15.3 Å². The van der Waals surface area contributed by atoms with E-state index in [0.29, 0.717) is 0 Å². The molecule has 0 fully saturated rings. The van der Waals surface area contributed by atoms with Gasteiger partial charge in [-0.1, -0.05) is 18.2 Å². The van der Waals surface area contributed by atoms with Crippen LogP contribution in [0.25, 0.3) is 0 Å². The molecular weight excluding hydrogens is 244 g/mol. The number of fused-ring (bicyclic) bond motifs is 1. The van der Waals surface area contributed by atoms with Crippen molar-refractivity contribution in [3.8, 4) is 5.75 Å². The summed E-state index contributed by atoms with van der Waals surface area (Å²) in [6.07, 6.45) is 0.361. The van der Waals surface area contributed by atoms with E-state index in [0.717, 1.165) is 29.9 Å². The van der Waals surface area contributed by atoms with Crippen LogP contribution < -0.4 is 4.74 Å². The third-order valence-corrected chi connectivity index (χ3v) is 4.40. The Labute approximate surface area is 111 Å². The SMILES string of the molecule is Cc1cc(C(O)c2cccc3c2OCC3)c(C)s1. The Balaban J connectivity index is 2.05. The molecule has 1 aliphatic heterocycles. The van der Waals surface area contributed by atoms with Crippen LogP contribution in [0.2, 0.25) is 0 Å². The number of hydrogen-bond acceptors (Lipinski definition) is 3. The lowest BCUT2D eigenvalue weighted by molar-refractivity contribution is 0.213. The lowest BCUT2D eigenvalue weighted by Gasteiger charge is -2.14. The van der Waals surface area contributed by atoms with E-state index in [9.17, 15) is 5.11 Å². The predicted molar refractivity (Wildman–Crippen MR) is 73.5 cm³/mol. The summed E-state index contributed by atoms with van der Waals surface area (Å²) in [6.45, 7) is 4.85. The molecule has 1 aliphatic rings. The van der Waals surface area contributed by atoms with E-state index in [1.807, 2.05) is 12.1 Å². The molecule has 0 bridgehead atoms. The second-order valence-electron chi connectivity index (χ2n) is 4.71. The standard InChI is InChI=1S/C15H16O2S/c1-9-8-13(10(2)18-9)14(16)12-5-3-4-11-6-7-17-15(11)12/h3-5,8,14,16H,6-7H2,1-2H3. The van der Waals surface area contributed by atoms with Gasteiger partial charge in [0.2, 0.25) is 0 Å². The Morgan fingerprint density at radius 2 is 2.11 bits per heavy atom. The fraction of sp³-hybridized carbons (Fsp3) is 0.333. The van der Waals surface area contributed by atoms with Crippen LogP contribution in [0.15, 0.2) is 24.3 Å². The fourth-order valence-electron chi connectivity index (χ4n) is 2.55. The number of aliphatic hydroxyl groups is 1. The first kappa shape index (κ1) is 11.8. The summed E-state index contributed by atoms with van der Waals surface area (Å²) in [5, 5.41) is 10.6. The maximum absolute atomic E-state index is 10.6. The molecule has 0 amide bonds. The third kappa shape index (κ3) is 1.84. The van der Waals surface area contributed by atoms with E-state index in [-0.39, 0.29) is 0 Å². The van der Waals surface area contributed by atoms with Gasteiger partial charge in [0, 0.05) is 21.7 Å². The Bertz CT molecular complexity index is 586. The molecule has 1 N–H and O–H groups in total. The van der Waals surface area contributed by atoms with Gasteiger partial charge in [-0.05, 0) is 31.0 Å². The number of hydrogen-bond donors (Lipinski definition) is 1. The summed E-state index contributed by atoms with van der Waals surface area (Å²) in [4.78, 5) is 2.41. The molecule has 18 heavy (non-hydrogen) atoms. The van der Waals surface area contributed by atoms with Gasteiger partial charge in [-0.3, -0.25) is 0 Å². The topological polar surface area (TPSA) is 29.5 Å². The highest BCUT2D eigenvalue weighted by Crippen LogP contribution is 2.38. The third-order valence-electron chi connectivity index (χ3n) is 3.41. The van der Waals surface area contributed by atoms with Crippen LogP contribution in [-0.2, 0) is 6.42 Å². The van der Waals surface area contributed by atoms with Crippen LogP contribution >= 0.6 is 11.3 Å². The van der Waals surface area contributed by atoms with Gasteiger partial charge in [-0.25, -0.2) is 0 Å². The minimum Gasteiger partial charge on any atom is -0.493 e. The van der Waals surface area contributed by atoms with Crippen LogP contribution in [0.1, 0.15) is 32.5 Å². The Kier molecular flexibility index (Phi) is 2.88. The summed E-state index contributed by atoms with van der Waals surface area (Å²) < 4.78 is 5.66. The van der Waals surface area contributed by atoms with Gasteiger partial charge in [0.25, 0.3) is 0 Å². The summed E-state index contributed by atoms with van der Waals surface area (Å²) in [5.74, 6) is 0.883. The minimum atomic E-state index is -0.581. The molecule has 1 unspecified atom stereocenters. The van der Waals surface area contributed by atoms with Crippen molar-refractivity contribution < 1.29 is 9.84 Å². The van der Waals surface area contributed by atoms with Crippen LogP contribution in [0, 0.1) is 13.8 Å². The predicted octanol–water partition coefficient (Wildman–Crippen LogP) is 3.38. The number of para-hydroxylation sites is 1. The molecule has 0 saturated carbocycles. The molecule has 1 aromatic heterocycles. The van der Waals surface area contributed by atoms with Crippen molar-refractivity contribution in [2.45, 2.75) is 26.4 Å². The van der Waals surface area contributed by atoms with E-state index < -0.39 is 6.10 Å². The monoisotopic (exact) mass is 260 g/mol. The number of aliphatic hydroxyl groups excluding tert-OH is 1. The van der Waals surface area contributed by atoms with Gasteiger partial charge < -0.3 is 9.84 Å². The van der Waals surface area contributed by atoms with Crippen molar-refractivity contribution in [2.75, 3.05) is 6.61 Å². The van der Waals surface area contributed by atoms with Crippen molar-refractivity contribution in [1.82, 2.24) is 0 Å². The van der Waals surface area contributed by atoms with Gasteiger partial charge in [0.05, 0.1) is 6.61 Å². The highest BCUT2D eigenvalue weighted by Gasteiger charge is 2.23. The molecule has 2 heterocycles. The molecule has 1 atom stereocenters. The summed E-state index contributed by atoms with van der Waals surface area (Å²) in [6, 6.07) is 8.10. The van der Waals surface area contributed by atoms with Crippen molar-refractivity contribution in [2.24, 2.45) is 0 Å². The van der Waals surface area contributed by atoms with Gasteiger partial charge >= 0.3 is 0 Å². The molecule has 94 valence electrons. The second kappa shape index (κ2) is 4.41. The Morgan fingerprint density at radius 1 is 1.28 bits per heavy atom. The van der Waals surface area contributed by atoms with Crippen molar-refractivity contribution >= 4 is 11.3 Å². The molecule has 3 rings (SSSR count). The molecule has 0 spiro atoms. The van der Waals surface area contributed by atoms with E-state index >= 15 is 0 Å². The zero-order valence-electron chi connectivity index (χ0n) is 10.6. The van der Waals surface area contributed by atoms with Crippen molar-refractivity contribution in [3.05, 3.63) is 50.7 Å². The molecule has 2 nitrogen and oxygen atoms in total. The number of rotatable bonds is 2. The highest BCUT2D eigenvalue weighted by atomic mass is 32.1. The molecule has 3 heteroatoms. The average Bonchev–Trinajstić information content (AvgIpc) is 2.94. The number of aryl methyl sites for hydroxylation is 2. The maximum atomic E-state index is 10.6. The first-order valence-corrected chi connectivity index (χ1v) is 6.98. The second-order valence-corrected chi connectivity index (χ2v) is 6.17. The smallest absolute Gasteiger partial charge is 0.128 e. The minimum absolute atomic E-state index is 0.581. The zero-order chi connectivity index (χ0) is 12.7. The van der Waals surface area contributed by atoms with E-state index in [4.69, 9.17) is 4.74 Å². The lowest BCUT2D eigenvalue weighted by Crippen LogP contribution is -2.02. The normalized spacial score (nSPS) is 15.3. The summed E-state index contributed by atoms with van der Waals surface area (Å²) in [7, 11) is 0. The van der Waals surface area contributed by atoms with Gasteiger partial charge in [-0.15, -0.1) is 11.3 Å². The molecule has 0 radical (unpaired) electrons. The van der Waals surface area contributed by atoms with Crippen LogP contribution in [0.3, 0.4) is 0 Å². The van der Waals surface area contributed by atoms with Gasteiger partial charge in [-0.2, -0.15) is 0 Å². The highest BCUT2D eigenvalue weighted by molar-refractivity contribution is 7.12. The molecule has 0 aliphatic carbocycles. The quantitative estimate of drug-likeness (QED) is 0.897. The fourth-order valence-corrected chi connectivity index (χ4v) is 3.50. The van der Waals surface area contributed by atoms with Crippen LogP contribution in [0.5, 0.6) is 5.75 Å². The summed E-state index contributed by atoms with van der Waals surface area (Å²) in [5.41, 5.74) is 3.10. The number of benzene rings is 1. The van der Waals surface area contributed by atoms with E-state index in [1.54, 1.807) is 11.3 Å². The number of thiophene rings is 1. The number of ether oxygens (including phenoxy) is 1. The van der Waals surface area contributed by atoms with Crippen LogP contribution in [0.4, 0.5) is 0 Å². The van der Waals surface area contributed by atoms with Gasteiger partial charge in [0.1, 0.15) is 11.9 Å².